The third kappa shape index (κ3) is 3.85. The number of carboxylic acids is 1. The van der Waals surface area contributed by atoms with Gasteiger partial charge in [0.15, 0.2) is 0 Å². The molecule has 1 aliphatic carbocycles. The molecule has 0 aromatic rings. The van der Waals surface area contributed by atoms with Crippen molar-refractivity contribution in [2.24, 2.45) is 5.41 Å². The number of carbonyl (C=O) groups is 2. The van der Waals surface area contributed by atoms with E-state index in [1.54, 1.807) is 0 Å². The molecule has 114 valence electrons. The zero-order valence-corrected chi connectivity index (χ0v) is 12.0. The van der Waals surface area contributed by atoms with Crippen LogP contribution in [0.1, 0.15) is 45.4 Å². The summed E-state index contributed by atoms with van der Waals surface area (Å²) in [5.74, 6) is -0.792. The first kappa shape index (κ1) is 15.1. The van der Waals surface area contributed by atoms with Crippen LogP contribution in [0.25, 0.3) is 0 Å². The third-order valence-electron chi connectivity index (χ3n) is 4.42. The number of hydrogen-bond donors (Lipinski definition) is 3. The molecule has 3 N–H and O–H groups in total. The molecule has 1 saturated carbocycles. The highest BCUT2D eigenvalue weighted by Crippen LogP contribution is 2.43. The topological polar surface area (TPSA) is 87.7 Å². The van der Waals surface area contributed by atoms with E-state index in [0.717, 1.165) is 38.7 Å². The van der Waals surface area contributed by atoms with E-state index in [1.165, 1.54) is 0 Å². The normalized spacial score (nSPS) is 28.2. The van der Waals surface area contributed by atoms with Gasteiger partial charge in [0.1, 0.15) is 0 Å². The number of rotatable bonds is 5. The second kappa shape index (κ2) is 5.99. The number of nitrogens with one attached hydrogen (secondary N) is 2. The summed E-state index contributed by atoms with van der Waals surface area (Å²) < 4.78 is 5.40. The van der Waals surface area contributed by atoms with E-state index < -0.39 is 5.97 Å². The largest absolute Gasteiger partial charge is 0.481 e. The first-order chi connectivity index (χ1) is 9.43. The van der Waals surface area contributed by atoms with E-state index in [0.29, 0.717) is 13.2 Å². The number of ether oxygens (including phenoxy) is 1. The maximum absolute atomic E-state index is 12.0. The fourth-order valence-corrected chi connectivity index (χ4v) is 3.03. The van der Waals surface area contributed by atoms with Gasteiger partial charge in [0.2, 0.25) is 0 Å². The van der Waals surface area contributed by atoms with Crippen molar-refractivity contribution >= 4 is 12.0 Å². The Kier molecular flexibility index (Phi) is 4.52. The molecule has 20 heavy (non-hydrogen) atoms. The summed E-state index contributed by atoms with van der Waals surface area (Å²) in [6, 6.07) is -0.227. The minimum absolute atomic E-state index is 0.133. The number of aliphatic carboxylic acids is 1. The lowest BCUT2D eigenvalue weighted by Crippen LogP contribution is -2.56. The molecule has 2 fully saturated rings. The zero-order chi connectivity index (χ0) is 14.6. The summed E-state index contributed by atoms with van der Waals surface area (Å²) in [5, 5.41) is 14.7. The van der Waals surface area contributed by atoms with Crippen molar-refractivity contribution in [1.82, 2.24) is 10.6 Å². The van der Waals surface area contributed by atoms with Gasteiger partial charge in [0.05, 0.1) is 18.6 Å². The van der Waals surface area contributed by atoms with Crippen LogP contribution in [-0.4, -0.2) is 42.4 Å². The summed E-state index contributed by atoms with van der Waals surface area (Å²) in [7, 11) is 0. The molecular weight excluding hydrogens is 260 g/mol. The highest BCUT2D eigenvalue weighted by atomic mass is 16.5. The van der Waals surface area contributed by atoms with Crippen molar-refractivity contribution in [3.05, 3.63) is 0 Å². The van der Waals surface area contributed by atoms with Gasteiger partial charge in [-0.05, 0) is 38.0 Å². The van der Waals surface area contributed by atoms with Crippen LogP contribution in [0.2, 0.25) is 0 Å². The standard InChI is InChI=1S/C14H24N2O4/c1-13(4-3-7-20-10-13)16-12(19)15-9-14(5-2-6-14)8-11(17)18/h2-10H2,1H3,(H,17,18)(H2,15,16,19). The van der Waals surface area contributed by atoms with Crippen LogP contribution in [0.3, 0.4) is 0 Å². The van der Waals surface area contributed by atoms with Gasteiger partial charge in [-0.1, -0.05) is 6.42 Å². The number of carbonyl (C=O) groups excluding carboxylic acids is 1. The highest BCUT2D eigenvalue weighted by Gasteiger charge is 2.39. The van der Waals surface area contributed by atoms with E-state index in [9.17, 15) is 9.59 Å². The molecule has 2 rings (SSSR count). The van der Waals surface area contributed by atoms with Gasteiger partial charge in [-0.3, -0.25) is 4.79 Å². The van der Waals surface area contributed by atoms with Gasteiger partial charge < -0.3 is 20.5 Å². The lowest BCUT2D eigenvalue weighted by molar-refractivity contribution is -0.141. The molecule has 0 radical (unpaired) electrons. The Labute approximate surface area is 119 Å². The molecule has 1 atom stereocenters. The average molecular weight is 284 g/mol. The molecule has 1 saturated heterocycles. The SMILES string of the molecule is CC1(NC(=O)NCC2(CC(=O)O)CCC2)CCCOC1. The summed E-state index contributed by atoms with van der Waals surface area (Å²) in [6.45, 7) is 3.69. The first-order valence-electron chi connectivity index (χ1n) is 7.29. The Morgan fingerprint density at radius 2 is 2.00 bits per heavy atom. The van der Waals surface area contributed by atoms with E-state index in [2.05, 4.69) is 10.6 Å². The molecule has 2 aliphatic rings. The number of carboxylic acid groups (broad SMARTS) is 1. The highest BCUT2D eigenvalue weighted by molar-refractivity contribution is 5.75. The summed E-state index contributed by atoms with van der Waals surface area (Å²) in [6.07, 6.45) is 4.77. The van der Waals surface area contributed by atoms with Crippen LogP contribution < -0.4 is 10.6 Å². The quantitative estimate of drug-likeness (QED) is 0.714. The minimum Gasteiger partial charge on any atom is -0.481 e. The van der Waals surface area contributed by atoms with Crippen LogP contribution in [0.4, 0.5) is 4.79 Å². The van der Waals surface area contributed by atoms with Crippen molar-refractivity contribution in [2.45, 2.75) is 51.0 Å². The van der Waals surface area contributed by atoms with Gasteiger partial charge in [-0.25, -0.2) is 4.79 Å². The molecular formula is C14H24N2O4. The van der Waals surface area contributed by atoms with Crippen LogP contribution >= 0.6 is 0 Å². The number of hydrogen-bond acceptors (Lipinski definition) is 3. The Hall–Kier alpha value is -1.30. The fraction of sp³-hybridized carbons (Fsp3) is 0.857. The van der Waals surface area contributed by atoms with Crippen molar-refractivity contribution < 1.29 is 19.4 Å². The van der Waals surface area contributed by atoms with Crippen molar-refractivity contribution in [3.8, 4) is 0 Å². The van der Waals surface area contributed by atoms with E-state index in [-0.39, 0.29) is 23.4 Å². The van der Waals surface area contributed by atoms with Crippen molar-refractivity contribution in [1.29, 1.82) is 0 Å². The van der Waals surface area contributed by atoms with Crippen molar-refractivity contribution in [3.63, 3.8) is 0 Å². The predicted molar refractivity (Wildman–Crippen MR) is 73.5 cm³/mol. The van der Waals surface area contributed by atoms with Crippen molar-refractivity contribution in [2.75, 3.05) is 19.8 Å². The maximum atomic E-state index is 12.0. The second-order valence-electron chi connectivity index (χ2n) is 6.45. The van der Waals surface area contributed by atoms with Gasteiger partial charge in [0, 0.05) is 13.2 Å². The van der Waals surface area contributed by atoms with Gasteiger partial charge in [-0.2, -0.15) is 0 Å². The monoisotopic (exact) mass is 284 g/mol. The predicted octanol–water partition coefficient (Wildman–Crippen LogP) is 1.50. The average Bonchev–Trinajstić information content (AvgIpc) is 2.32. The van der Waals surface area contributed by atoms with E-state index in [4.69, 9.17) is 9.84 Å². The molecule has 0 bridgehead atoms. The molecule has 1 unspecified atom stereocenters. The number of urea groups is 1. The Morgan fingerprint density at radius 3 is 2.50 bits per heavy atom. The fourth-order valence-electron chi connectivity index (χ4n) is 3.03. The smallest absolute Gasteiger partial charge is 0.315 e. The van der Waals surface area contributed by atoms with Crippen LogP contribution in [0, 0.1) is 5.41 Å². The van der Waals surface area contributed by atoms with Gasteiger partial charge in [0.25, 0.3) is 0 Å². The molecule has 2 amide bonds. The third-order valence-corrected chi connectivity index (χ3v) is 4.42. The molecule has 6 nitrogen and oxygen atoms in total. The molecule has 0 spiro atoms. The Morgan fingerprint density at radius 1 is 1.25 bits per heavy atom. The van der Waals surface area contributed by atoms with Crippen LogP contribution in [-0.2, 0) is 9.53 Å². The molecule has 6 heteroatoms. The lowest BCUT2D eigenvalue weighted by atomic mass is 9.66. The minimum atomic E-state index is -0.792. The van der Waals surface area contributed by atoms with E-state index in [1.807, 2.05) is 6.92 Å². The van der Waals surface area contributed by atoms with Crippen LogP contribution in [0.15, 0.2) is 0 Å². The van der Waals surface area contributed by atoms with E-state index >= 15 is 0 Å². The molecule has 0 aromatic heterocycles. The number of amides is 2. The Balaban J connectivity index is 1.78. The second-order valence-corrected chi connectivity index (χ2v) is 6.45. The Bertz CT molecular complexity index is 373. The lowest BCUT2D eigenvalue weighted by Gasteiger charge is -2.41. The first-order valence-corrected chi connectivity index (χ1v) is 7.29. The molecule has 1 heterocycles. The van der Waals surface area contributed by atoms with Crippen LogP contribution in [0.5, 0.6) is 0 Å². The van der Waals surface area contributed by atoms with Gasteiger partial charge in [-0.15, -0.1) is 0 Å². The van der Waals surface area contributed by atoms with Gasteiger partial charge >= 0.3 is 12.0 Å². The summed E-state index contributed by atoms with van der Waals surface area (Å²) >= 11 is 0. The molecule has 1 aliphatic heterocycles. The molecule has 0 aromatic carbocycles. The zero-order valence-electron chi connectivity index (χ0n) is 12.0. The maximum Gasteiger partial charge on any atom is 0.315 e. The summed E-state index contributed by atoms with van der Waals surface area (Å²) in [4.78, 5) is 22.8. The summed E-state index contributed by atoms with van der Waals surface area (Å²) in [5.41, 5.74) is -0.560.